The third kappa shape index (κ3) is 2.31. The second-order valence-electron chi connectivity index (χ2n) is 5.12. The number of methoxy groups -OCH3 is 1. The van der Waals surface area contributed by atoms with E-state index in [0.29, 0.717) is 17.1 Å². The van der Waals surface area contributed by atoms with E-state index in [9.17, 15) is 4.79 Å². The molecule has 2 aromatic carbocycles. The number of aryl methyl sites for hydroxylation is 1. The lowest BCUT2D eigenvalue weighted by Crippen LogP contribution is -1.98. The van der Waals surface area contributed by atoms with Crippen molar-refractivity contribution in [3.05, 3.63) is 64.4 Å². The molecule has 1 aliphatic rings. The van der Waals surface area contributed by atoms with Crippen molar-refractivity contribution in [3.8, 4) is 11.5 Å². The highest BCUT2D eigenvalue weighted by Gasteiger charge is 2.29. The summed E-state index contributed by atoms with van der Waals surface area (Å²) in [6.45, 7) is 3.91. The number of fused-ring (bicyclic) bond motifs is 1. The third-order valence-corrected chi connectivity index (χ3v) is 3.60. The maximum atomic E-state index is 12.4. The molecule has 0 spiro atoms. The Kier molecular flexibility index (Phi) is 3.26. The van der Waals surface area contributed by atoms with Gasteiger partial charge in [-0.3, -0.25) is 4.79 Å². The molecule has 1 aliphatic heterocycles. The molecule has 0 bridgehead atoms. The van der Waals surface area contributed by atoms with Gasteiger partial charge in [0.15, 0.2) is 5.76 Å². The number of benzene rings is 2. The Bertz CT molecular complexity index is 757. The van der Waals surface area contributed by atoms with Gasteiger partial charge in [-0.2, -0.15) is 0 Å². The minimum atomic E-state index is -0.0859. The summed E-state index contributed by atoms with van der Waals surface area (Å²) < 4.78 is 11.0. The summed E-state index contributed by atoms with van der Waals surface area (Å²) in [5.41, 5.74) is 3.53. The van der Waals surface area contributed by atoms with Crippen LogP contribution in [0.25, 0.3) is 6.08 Å². The molecular formula is C18H16O3. The topological polar surface area (TPSA) is 35.5 Å². The number of hydrogen-bond donors (Lipinski definition) is 0. The van der Waals surface area contributed by atoms with Gasteiger partial charge in [-0.05, 0) is 37.6 Å². The van der Waals surface area contributed by atoms with Crippen LogP contribution in [-0.2, 0) is 0 Å². The van der Waals surface area contributed by atoms with Gasteiger partial charge < -0.3 is 9.47 Å². The van der Waals surface area contributed by atoms with Crippen LogP contribution in [0, 0.1) is 13.8 Å². The first kappa shape index (κ1) is 13.4. The lowest BCUT2D eigenvalue weighted by atomic mass is 10.1. The predicted octanol–water partition coefficient (Wildman–Crippen LogP) is 3.93. The highest BCUT2D eigenvalue weighted by molar-refractivity contribution is 6.14. The first-order valence-corrected chi connectivity index (χ1v) is 6.78. The van der Waals surface area contributed by atoms with E-state index in [0.717, 1.165) is 22.4 Å². The van der Waals surface area contributed by atoms with Crippen LogP contribution in [0.4, 0.5) is 0 Å². The molecule has 1 heterocycles. The van der Waals surface area contributed by atoms with Crippen LogP contribution in [0.2, 0.25) is 0 Å². The van der Waals surface area contributed by atoms with Gasteiger partial charge in [-0.15, -0.1) is 0 Å². The molecule has 3 heteroatoms. The van der Waals surface area contributed by atoms with Gasteiger partial charge in [0.2, 0.25) is 5.78 Å². The van der Waals surface area contributed by atoms with Crippen LogP contribution in [0.3, 0.4) is 0 Å². The van der Waals surface area contributed by atoms with Crippen molar-refractivity contribution >= 4 is 11.9 Å². The zero-order valence-corrected chi connectivity index (χ0v) is 12.3. The summed E-state index contributed by atoms with van der Waals surface area (Å²) in [6, 6.07) is 11.5. The van der Waals surface area contributed by atoms with Crippen LogP contribution >= 0.6 is 0 Å². The summed E-state index contributed by atoms with van der Waals surface area (Å²) in [5, 5.41) is 0. The number of carbonyl (C=O) groups excluding carboxylic acids is 1. The number of ketones is 1. The van der Waals surface area contributed by atoms with Gasteiger partial charge in [0.1, 0.15) is 11.5 Å². The third-order valence-electron chi connectivity index (χ3n) is 3.60. The Balaban J connectivity index is 2.02. The van der Waals surface area contributed by atoms with Crippen molar-refractivity contribution in [1.29, 1.82) is 0 Å². The first-order chi connectivity index (χ1) is 10.1. The Morgan fingerprint density at radius 1 is 1.14 bits per heavy atom. The van der Waals surface area contributed by atoms with Gasteiger partial charge in [0.05, 0.1) is 12.7 Å². The molecule has 0 saturated heterocycles. The minimum Gasteiger partial charge on any atom is -0.496 e. The molecule has 2 aromatic rings. The molecule has 0 amide bonds. The highest BCUT2D eigenvalue weighted by Crippen LogP contribution is 2.39. The normalized spacial score (nSPS) is 15.0. The number of rotatable bonds is 2. The Labute approximate surface area is 123 Å². The number of allylic oxidation sites excluding steroid dienone is 1. The lowest BCUT2D eigenvalue weighted by Gasteiger charge is -2.07. The predicted molar refractivity (Wildman–Crippen MR) is 81.8 cm³/mol. The van der Waals surface area contributed by atoms with Crippen LogP contribution in [-0.4, -0.2) is 12.9 Å². The van der Waals surface area contributed by atoms with Gasteiger partial charge in [0.25, 0.3) is 0 Å². The van der Waals surface area contributed by atoms with Crippen LogP contribution in [0.15, 0.2) is 42.2 Å². The fourth-order valence-electron chi connectivity index (χ4n) is 2.50. The number of carbonyl (C=O) groups is 1. The molecule has 3 rings (SSSR count). The molecule has 21 heavy (non-hydrogen) atoms. The summed E-state index contributed by atoms with van der Waals surface area (Å²) in [6.07, 6.45) is 1.78. The van der Waals surface area contributed by atoms with Gasteiger partial charge in [-0.1, -0.05) is 29.8 Å². The van der Waals surface area contributed by atoms with Crippen LogP contribution in [0.1, 0.15) is 27.0 Å². The fourth-order valence-corrected chi connectivity index (χ4v) is 2.50. The van der Waals surface area contributed by atoms with E-state index in [2.05, 4.69) is 0 Å². The fraction of sp³-hybridized carbons (Fsp3) is 0.167. The summed E-state index contributed by atoms with van der Waals surface area (Å²) in [5.74, 6) is 1.58. The second-order valence-corrected chi connectivity index (χ2v) is 5.12. The summed E-state index contributed by atoms with van der Waals surface area (Å²) >= 11 is 0. The zero-order chi connectivity index (χ0) is 15.0. The average molecular weight is 280 g/mol. The van der Waals surface area contributed by atoms with E-state index >= 15 is 0 Å². The standard InChI is InChI=1S/C18H16O3/c1-11-5-4-6-13(9-11)10-16-17(19)14-7-8-15(20-3)12(2)18(14)21-16/h4-10H,1-3H3/b16-10-. The van der Waals surface area contributed by atoms with E-state index in [1.807, 2.05) is 38.1 Å². The Morgan fingerprint density at radius 3 is 2.67 bits per heavy atom. The highest BCUT2D eigenvalue weighted by atomic mass is 16.5. The van der Waals surface area contributed by atoms with Crippen LogP contribution in [0.5, 0.6) is 11.5 Å². The number of hydrogen-bond acceptors (Lipinski definition) is 3. The Morgan fingerprint density at radius 2 is 1.95 bits per heavy atom. The quantitative estimate of drug-likeness (QED) is 0.782. The number of Topliss-reactive ketones (excluding diaryl/α,β-unsaturated/α-hetero) is 1. The molecule has 0 atom stereocenters. The first-order valence-electron chi connectivity index (χ1n) is 6.78. The zero-order valence-electron chi connectivity index (χ0n) is 12.3. The lowest BCUT2D eigenvalue weighted by molar-refractivity contribution is 0.101. The molecule has 0 unspecified atom stereocenters. The molecule has 0 fully saturated rings. The molecule has 106 valence electrons. The van der Waals surface area contributed by atoms with E-state index in [4.69, 9.17) is 9.47 Å². The van der Waals surface area contributed by atoms with Crippen molar-refractivity contribution in [2.45, 2.75) is 13.8 Å². The van der Waals surface area contributed by atoms with Crippen molar-refractivity contribution in [2.75, 3.05) is 7.11 Å². The SMILES string of the molecule is COc1ccc2c(c1C)O/C(=C\c1cccc(C)c1)C2=O. The molecule has 0 aromatic heterocycles. The molecule has 0 radical (unpaired) electrons. The number of ether oxygens (including phenoxy) is 2. The van der Waals surface area contributed by atoms with E-state index in [1.165, 1.54) is 0 Å². The molecular weight excluding hydrogens is 264 g/mol. The molecule has 0 aliphatic carbocycles. The largest absolute Gasteiger partial charge is 0.496 e. The monoisotopic (exact) mass is 280 g/mol. The average Bonchev–Trinajstić information content (AvgIpc) is 2.77. The van der Waals surface area contributed by atoms with Gasteiger partial charge in [-0.25, -0.2) is 0 Å². The van der Waals surface area contributed by atoms with Gasteiger partial charge in [0, 0.05) is 5.56 Å². The minimum absolute atomic E-state index is 0.0859. The van der Waals surface area contributed by atoms with E-state index < -0.39 is 0 Å². The maximum Gasteiger partial charge on any atom is 0.231 e. The maximum absolute atomic E-state index is 12.4. The second kappa shape index (κ2) is 5.09. The van der Waals surface area contributed by atoms with Crippen molar-refractivity contribution in [1.82, 2.24) is 0 Å². The van der Waals surface area contributed by atoms with E-state index in [-0.39, 0.29) is 5.78 Å². The molecule has 3 nitrogen and oxygen atoms in total. The van der Waals surface area contributed by atoms with Crippen molar-refractivity contribution < 1.29 is 14.3 Å². The summed E-state index contributed by atoms with van der Waals surface area (Å²) in [7, 11) is 1.61. The molecule has 0 saturated carbocycles. The van der Waals surface area contributed by atoms with Crippen molar-refractivity contribution in [2.24, 2.45) is 0 Å². The smallest absolute Gasteiger partial charge is 0.231 e. The van der Waals surface area contributed by atoms with Crippen LogP contribution < -0.4 is 9.47 Å². The van der Waals surface area contributed by atoms with Gasteiger partial charge >= 0.3 is 0 Å². The summed E-state index contributed by atoms with van der Waals surface area (Å²) in [4.78, 5) is 12.4. The van der Waals surface area contributed by atoms with E-state index in [1.54, 1.807) is 25.3 Å². The van der Waals surface area contributed by atoms with Crippen molar-refractivity contribution in [3.63, 3.8) is 0 Å². The molecule has 0 N–H and O–H groups in total. The Hall–Kier alpha value is -2.55.